The Balaban J connectivity index is 1.73. The molecule has 2 aromatic carbocycles. The van der Waals surface area contributed by atoms with Gasteiger partial charge in [0.05, 0.1) is 13.7 Å². The predicted octanol–water partition coefficient (Wildman–Crippen LogP) is 4.10. The fourth-order valence-corrected chi connectivity index (χ4v) is 3.31. The molecular weight excluding hydrogens is 460 g/mol. The number of nitrogens with zero attached hydrogens (tertiary/aromatic N) is 2. The molecule has 0 saturated heterocycles. The number of ether oxygens (including phenoxy) is 1. The zero-order valence-corrected chi connectivity index (χ0v) is 18.8. The first-order valence-electron chi connectivity index (χ1n) is 9.58. The number of hydrogen-bond donors (Lipinski definition) is 2. The molecule has 0 spiro atoms. The highest BCUT2D eigenvalue weighted by Crippen LogP contribution is 2.23. The maximum atomic E-state index is 13.2. The quantitative estimate of drug-likeness (QED) is 0.504. The van der Waals surface area contributed by atoms with Crippen molar-refractivity contribution in [1.82, 2.24) is 9.88 Å². The van der Waals surface area contributed by atoms with Crippen molar-refractivity contribution in [3.8, 4) is 5.75 Å². The number of pyridine rings is 1. The van der Waals surface area contributed by atoms with E-state index in [1.54, 1.807) is 61.7 Å². The number of aromatic nitrogens is 1. The Hall–Kier alpha value is -3.23. The van der Waals surface area contributed by atoms with E-state index in [2.05, 4.69) is 31.5 Å². The van der Waals surface area contributed by atoms with Crippen molar-refractivity contribution in [2.24, 2.45) is 0 Å². The van der Waals surface area contributed by atoms with E-state index in [0.717, 1.165) is 10.0 Å². The van der Waals surface area contributed by atoms with E-state index in [4.69, 9.17) is 4.74 Å². The Labute approximate surface area is 189 Å². The van der Waals surface area contributed by atoms with Gasteiger partial charge in [0.1, 0.15) is 17.6 Å². The third-order valence-corrected chi connectivity index (χ3v) is 5.02. The number of anilines is 2. The first-order valence-corrected chi connectivity index (χ1v) is 10.4. The molecule has 1 heterocycles. The van der Waals surface area contributed by atoms with Gasteiger partial charge in [-0.25, -0.2) is 4.98 Å². The Morgan fingerprint density at radius 3 is 2.35 bits per heavy atom. The molecule has 3 aromatic rings. The van der Waals surface area contributed by atoms with Gasteiger partial charge >= 0.3 is 0 Å². The lowest BCUT2D eigenvalue weighted by atomic mass is 10.0. The summed E-state index contributed by atoms with van der Waals surface area (Å²) in [6.45, 7) is 0.00728. The van der Waals surface area contributed by atoms with E-state index >= 15 is 0 Å². The van der Waals surface area contributed by atoms with Crippen LogP contribution in [-0.4, -0.2) is 42.4 Å². The van der Waals surface area contributed by atoms with Gasteiger partial charge in [-0.3, -0.25) is 14.5 Å². The molecular formula is C23H23BrN4O3. The average molecular weight is 483 g/mol. The summed E-state index contributed by atoms with van der Waals surface area (Å²) < 4.78 is 5.98. The summed E-state index contributed by atoms with van der Waals surface area (Å²) in [5, 5.41) is 5.67. The number of hydrogen-bond acceptors (Lipinski definition) is 5. The van der Waals surface area contributed by atoms with E-state index in [1.807, 2.05) is 30.3 Å². The van der Waals surface area contributed by atoms with Crippen molar-refractivity contribution >= 4 is 39.2 Å². The number of carbonyl (C=O) groups is 2. The van der Waals surface area contributed by atoms with E-state index in [1.165, 1.54) is 0 Å². The van der Waals surface area contributed by atoms with Crippen LogP contribution in [0.15, 0.2) is 77.4 Å². The molecule has 1 aromatic heterocycles. The number of halogens is 1. The lowest BCUT2D eigenvalue weighted by molar-refractivity contribution is -0.123. The molecule has 0 saturated carbocycles. The van der Waals surface area contributed by atoms with Crippen molar-refractivity contribution in [2.45, 2.75) is 6.04 Å². The van der Waals surface area contributed by atoms with Crippen molar-refractivity contribution in [2.75, 3.05) is 31.3 Å². The van der Waals surface area contributed by atoms with Crippen LogP contribution in [0.5, 0.6) is 5.75 Å². The topological polar surface area (TPSA) is 83.6 Å². The average Bonchev–Trinajstić information content (AvgIpc) is 2.76. The fraction of sp³-hybridized carbons (Fsp3) is 0.174. The fourth-order valence-electron chi connectivity index (χ4n) is 3.08. The van der Waals surface area contributed by atoms with Crippen LogP contribution in [0.3, 0.4) is 0 Å². The van der Waals surface area contributed by atoms with Crippen LogP contribution in [0.25, 0.3) is 0 Å². The Morgan fingerprint density at radius 1 is 1.03 bits per heavy atom. The van der Waals surface area contributed by atoms with E-state index in [-0.39, 0.29) is 18.4 Å². The standard InChI is InChI=1S/C23H23BrN4O3/c1-28(15-21(29)27-20-13-8-17(24)14-25-20)22(16-6-4-3-5-7-16)23(30)26-18-9-11-19(31-2)12-10-18/h3-14,22H,15H2,1-2H3,(H,26,30)(H,25,27,29). The van der Waals surface area contributed by atoms with Gasteiger partial charge in [-0.1, -0.05) is 30.3 Å². The summed E-state index contributed by atoms with van der Waals surface area (Å²) in [5.41, 5.74) is 1.43. The van der Waals surface area contributed by atoms with Gasteiger partial charge in [-0.05, 0) is 64.9 Å². The molecule has 8 heteroatoms. The smallest absolute Gasteiger partial charge is 0.246 e. The number of rotatable bonds is 8. The van der Waals surface area contributed by atoms with Gasteiger partial charge in [-0.2, -0.15) is 0 Å². The van der Waals surface area contributed by atoms with Crippen LogP contribution >= 0.6 is 15.9 Å². The number of nitrogens with one attached hydrogen (secondary N) is 2. The maximum absolute atomic E-state index is 13.2. The molecule has 1 unspecified atom stereocenters. The SMILES string of the molecule is COc1ccc(NC(=O)C(c2ccccc2)N(C)CC(=O)Nc2ccc(Br)cn2)cc1. The Morgan fingerprint density at radius 2 is 1.74 bits per heavy atom. The molecule has 0 fully saturated rings. The molecule has 31 heavy (non-hydrogen) atoms. The number of benzene rings is 2. The second-order valence-electron chi connectivity index (χ2n) is 6.86. The molecule has 7 nitrogen and oxygen atoms in total. The van der Waals surface area contributed by atoms with Gasteiger partial charge in [-0.15, -0.1) is 0 Å². The van der Waals surface area contributed by atoms with Crippen LogP contribution in [0.2, 0.25) is 0 Å². The summed E-state index contributed by atoms with van der Waals surface area (Å²) in [5.74, 6) is 0.637. The summed E-state index contributed by atoms with van der Waals surface area (Å²) in [7, 11) is 3.32. The largest absolute Gasteiger partial charge is 0.497 e. The highest BCUT2D eigenvalue weighted by Gasteiger charge is 2.26. The molecule has 0 bridgehead atoms. The first kappa shape index (κ1) is 22.5. The minimum Gasteiger partial charge on any atom is -0.497 e. The van der Waals surface area contributed by atoms with Crippen molar-refractivity contribution in [3.05, 3.63) is 83.0 Å². The second-order valence-corrected chi connectivity index (χ2v) is 7.77. The summed E-state index contributed by atoms with van der Waals surface area (Å²) in [6, 6.07) is 19.3. The molecule has 2 N–H and O–H groups in total. The van der Waals surface area contributed by atoms with Gasteiger partial charge in [0.15, 0.2) is 0 Å². The molecule has 1 atom stereocenters. The van der Waals surface area contributed by atoms with Crippen LogP contribution in [0, 0.1) is 0 Å². The van der Waals surface area contributed by atoms with Gasteiger partial charge in [0.25, 0.3) is 0 Å². The van der Waals surface area contributed by atoms with Crippen molar-refractivity contribution < 1.29 is 14.3 Å². The predicted molar refractivity (Wildman–Crippen MR) is 124 cm³/mol. The lowest BCUT2D eigenvalue weighted by Gasteiger charge is -2.27. The molecule has 0 aliphatic rings. The highest BCUT2D eigenvalue weighted by molar-refractivity contribution is 9.10. The van der Waals surface area contributed by atoms with Gasteiger partial charge in [0, 0.05) is 16.4 Å². The third kappa shape index (κ3) is 6.37. The molecule has 3 rings (SSSR count). The monoisotopic (exact) mass is 482 g/mol. The highest BCUT2D eigenvalue weighted by atomic mass is 79.9. The van der Waals surface area contributed by atoms with E-state index < -0.39 is 6.04 Å². The minimum atomic E-state index is -0.660. The molecule has 2 amide bonds. The van der Waals surface area contributed by atoms with Gasteiger partial charge < -0.3 is 15.4 Å². The molecule has 160 valence electrons. The molecule has 0 aliphatic carbocycles. The lowest BCUT2D eigenvalue weighted by Crippen LogP contribution is -2.39. The normalized spacial score (nSPS) is 11.6. The first-order chi connectivity index (χ1) is 15.0. The summed E-state index contributed by atoms with van der Waals surface area (Å²) >= 11 is 3.31. The van der Waals surface area contributed by atoms with Crippen LogP contribution in [0.4, 0.5) is 11.5 Å². The van der Waals surface area contributed by atoms with Crippen molar-refractivity contribution in [3.63, 3.8) is 0 Å². The van der Waals surface area contributed by atoms with Crippen LogP contribution in [0.1, 0.15) is 11.6 Å². The minimum absolute atomic E-state index is 0.00728. The number of carbonyl (C=O) groups excluding carboxylic acids is 2. The summed E-state index contributed by atoms with van der Waals surface area (Å²) in [4.78, 5) is 31.5. The maximum Gasteiger partial charge on any atom is 0.246 e. The number of amides is 2. The number of methoxy groups -OCH3 is 1. The second kappa shape index (κ2) is 10.7. The van der Waals surface area contributed by atoms with E-state index in [0.29, 0.717) is 17.3 Å². The van der Waals surface area contributed by atoms with E-state index in [9.17, 15) is 9.59 Å². The van der Waals surface area contributed by atoms with Crippen LogP contribution in [-0.2, 0) is 9.59 Å². The molecule has 0 aliphatic heterocycles. The summed E-state index contributed by atoms with van der Waals surface area (Å²) in [6.07, 6.45) is 1.61. The molecule has 0 radical (unpaired) electrons. The third-order valence-electron chi connectivity index (χ3n) is 4.55. The van der Waals surface area contributed by atoms with Gasteiger partial charge in [0.2, 0.25) is 11.8 Å². The zero-order chi connectivity index (χ0) is 22.2. The Bertz CT molecular complexity index is 1010. The Kier molecular flexibility index (Phi) is 7.75. The number of likely N-dealkylation sites (N-methyl/N-ethyl adjacent to an activating group) is 1. The van der Waals surface area contributed by atoms with Crippen LogP contribution < -0.4 is 15.4 Å². The van der Waals surface area contributed by atoms with Crippen molar-refractivity contribution in [1.29, 1.82) is 0 Å². The zero-order valence-electron chi connectivity index (χ0n) is 17.2.